The number of amides is 2. The number of hydrogen-bond acceptors (Lipinski definition) is 6. The average molecular weight is 376 g/mol. The van der Waals surface area contributed by atoms with Gasteiger partial charge in [-0.3, -0.25) is 9.88 Å². The number of anilines is 1. The SMILES string of the molecule is CC(C)(C)OC(=O)N1CCC[C@@H](c2cncc(N3C(=O)OCC3(C)C)n2)C1. The molecule has 0 spiro atoms. The molecule has 2 amide bonds. The maximum atomic E-state index is 12.4. The number of piperidine rings is 1. The van der Waals surface area contributed by atoms with Gasteiger partial charge in [-0.05, 0) is 47.5 Å². The molecule has 8 nitrogen and oxygen atoms in total. The summed E-state index contributed by atoms with van der Waals surface area (Å²) in [7, 11) is 0. The fraction of sp³-hybridized carbons (Fsp3) is 0.684. The Morgan fingerprint density at radius 3 is 2.70 bits per heavy atom. The van der Waals surface area contributed by atoms with Crippen molar-refractivity contribution in [3.63, 3.8) is 0 Å². The summed E-state index contributed by atoms with van der Waals surface area (Å²) in [6.07, 6.45) is 4.34. The van der Waals surface area contributed by atoms with Gasteiger partial charge in [-0.15, -0.1) is 0 Å². The fourth-order valence-corrected chi connectivity index (χ4v) is 3.40. The number of ether oxygens (including phenoxy) is 2. The Morgan fingerprint density at radius 2 is 2.07 bits per heavy atom. The first-order valence-electron chi connectivity index (χ1n) is 9.34. The van der Waals surface area contributed by atoms with E-state index in [4.69, 9.17) is 9.47 Å². The number of rotatable bonds is 2. The summed E-state index contributed by atoms with van der Waals surface area (Å²) in [5, 5.41) is 0. The second kappa shape index (κ2) is 6.98. The lowest BCUT2D eigenvalue weighted by atomic mass is 9.95. The molecule has 1 aromatic heterocycles. The van der Waals surface area contributed by atoms with Crippen LogP contribution in [0, 0.1) is 0 Å². The van der Waals surface area contributed by atoms with Gasteiger partial charge >= 0.3 is 12.2 Å². The normalized spacial score (nSPS) is 22.6. The highest BCUT2D eigenvalue weighted by Gasteiger charge is 2.42. The third kappa shape index (κ3) is 4.31. The largest absolute Gasteiger partial charge is 0.447 e. The minimum Gasteiger partial charge on any atom is -0.447 e. The van der Waals surface area contributed by atoms with Crippen LogP contribution in [-0.2, 0) is 9.47 Å². The van der Waals surface area contributed by atoms with Crippen LogP contribution in [0.15, 0.2) is 12.4 Å². The van der Waals surface area contributed by atoms with E-state index in [0.29, 0.717) is 25.5 Å². The van der Waals surface area contributed by atoms with E-state index in [9.17, 15) is 9.59 Å². The minimum absolute atomic E-state index is 0.0560. The highest BCUT2D eigenvalue weighted by atomic mass is 16.6. The summed E-state index contributed by atoms with van der Waals surface area (Å²) in [6.45, 7) is 10.9. The van der Waals surface area contributed by atoms with Gasteiger partial charge in [-0.25, -0.2) is 14.6 Å². The molecule has 0 bridgehead atoms. The number of likely N-dealkylation sites (tertiary alicyclic amines) is 1. The number of cyclic esters (lactones) is 1. The molecule has 0 unspecified atom stereocenters. The quantitative estimate of drug-likeness (QED) is 0.787. The number of carbonyl (C=O) groups is 2. The van der Waals surface area contributed by atoms with E-state index in [-0.39, 0.29) is 12.0 Å². The first-order chi connectivity index (χ1) is 12.6. The lowest BCUT2D eigenvalue weighted by Gasteiger charge is -2.34. The zero-order valence-electron chi connectivity index (χ0n) is 16.7. The van der Waals surface area contributed by atoms with Crippen LogP contribution in [0.25, 0.3) is 0 Å². The van der Waals surface area contributed by atoms with Gasteiger partial charge in [0, 0.05) is 25.2 Å². The number of carbonyl (C=O) groups excluding carboxylic acids is 2. The van der Waals surface area contributed by atoms with Crippen LogP contribution >= 0.6 is 0 Å². The predicted molar refractivity (Wildman–Crippen MR) is 99.7 cm³/mol. The molecule has 1 atom stereocenters. The van der Waals surface area contributed by atoms with Crippen molar-refractivity contribution in [3.05, 3.63) is 18.1 Å². The van der Waals surface area contributed by atoms with Crippen LogP contribution in [-0.4, -0.2) is 57.9 Å². The van der Waals surface area contributed by atoms with Crippen LogP contribution in [0.1, 0.15) is 59.1 Å². The van der Waals surface area contributed by atoms with Crippen molar-refractivity contribution >= 4 is 18.0 Å². The Labute approximate surface area is 159 Å². The Kier molecular flexibility index (Phi) is 5.01. The van der Waals surface area contributed by atoms with E-state index in [1.54, 1.807) is 17.3 Å². The molecule has 3 heterocycles. The maximum absolute atomic E-state index is 12.4. The molecule has 1 aromatic rings. The topological polar surface area (TPSA) is 84.9 Å². The fourth-order valence-electron chi connectivity index (χ4n) is 3.40. The molecule has 0 saturated carbocycles. The van der Waals surface area contributed by atoms with Crippen molar-refractivity contribution in [2.24, 2.45) is 0 Å². The number of aromatic nitrogens is 2. The second-order valence-electron chi connectivity index (χ2n) is 8.77. The van der Waals surface area contributed by atoms with Gasteiger partial charge in [0.15, 0.2) is 5.82 Å². The lowest BCUT2D eigenvalue weighted by Crippen LogP contribution is -2.43. The summed E-state index contributed by atoms with van der Waals surface area (Å²) in [5.74, 6) is 0.537. The smallest absolute Gasteiger partial charge is 0.416 e. The van der Waals surface area contributed by atoms with Crippen molar-refractivity contribution in [3.8, 4) is 0 Å². The van der Waals surface area contributed by atoms with E-state index in [2.05, 4.69) is 9.97 Å². The molecule has 148 valence electrons. The van der Waals surface area contributed by atoms with Gasteiger partial charge in [0.1, 0.15) is 12.2 Å². The van der Waals surface area contributed by atoms with Crippen molar-refractivity contribution in [2.45, 2.75) is 64.5 Å². The zero-order chi connectivity index (χ0) is 19.8. The van der Waals surface area contributed by atoms with Gasteiger partial charge in [-0.2, -0.15) is 0 Å². The van der Waals surface area contributed by atoms with Crippen LogP contribution in [0.3, 0.4) is 0 Å². The monoisotopic (exact) mass is 376 g/mol. The molecule has 8 heteroatoms. The molecule has 0 N–H and O–H groups in total. The third-order valence-electron chi connectivity index (χ3n) is 4.70. The average Bonchev–Trinajstić information content (AvgIpc) is 2.86. The summed E-state index contributed by atoms with van der Waals surface area (Å²) < 4.78 is 10.7. The summed E-state index contributed by atoms with van der Waals surface area (Å²) in [5.41, 5.74) is -0.221. The molecular weight excluding hydrogens is 348 g/mol. The Hall–Kier alpha value is -2.38. The van der Waals surface area contributed by atoms with Crippen molar-refractivity contribution in [2.75, 3.05) is 24.6 Å². The predicted octanol–water partition coefficient (Wildman–Crippen LogP) is 3.33. The minimum atomic E-state index is -0.522. The van der Waals surface area contributed by atoms with Crippen LogP contribution in [0.2, 0.25) is 0 Å². The maximum Gasteiger partial charge on any atom is 0.416 e. The molecule has 0 aliphatic carbocycles. The van der Waals surface area contributed by atoms with Crippen molar-refractivity contribution in [1.29, 1.82) is 0 Å². The van der Waals surface area contributed by atoms with E-state index in [1.165, 1.54) is 4.90 Å². The lowest BCUT2D eigenvalue weighted by molar-refractivity contribution is 0.0197. The van der Waals surface area contributed by atoms with E-state index in [1.807, 2.05) is 34.6 Å². The Balaban J connectivity index is 1.77. The molecule has 2 fully saturated rings. The van der Waals surface area contributed by atoms with Gasteiger partial charge < -0.3 is 14.4 Å². The van der Waals surface area contributed by atoms with E-state index < -0.39 is 17.2 Å². The molecule has 2 saturated heterocycles. The number of hydrogen-bond donors (Lipinski definition) is 0. The highest BCUT2D eigenvalue weighted by molar-refractivity contribution is 5.90. The standard InChI is InChI=1S/C19H28N4O4/c1-18(2,3)27-16(24)22-8-6-7-13(11-22)14-9-20-10-15(21-14)23-17(25)26-12-19(23,4)5/h9-10,13H,6-8,11-12H2,1-5H3/t13-/m1/s1. The van der Waals surface area contributed by atoms with Gasteiger partial charge in [0.2, 0.25) is 0 Å². The molecular formula is C19H28N4O4. The Morgan fingerprint density at radius 1 is 1.33 bits per heavy atom. The summed E-state index contributed by atoms with van der Waals surface area (Å²) in [6, 6.07) is 0. The van der Waals surface area contributed by atoms with Crippen LogP contribution in [0.4, 0.5) is 15.4 Å². The molecule has 3 rings (SSSR count). The molecule has 2 aliphatic heterocycles. The zero-order valence-corrected chi connectivity index (χ0v) is 16.7. The Bertz CT molecular complexity index is 729. The molecule has 27 heavy (non-hydrogen) atoms. The van der Waals surface area contributed by atoms with Gasteiger partial charge in [0.25, 0.3) is 0 Å². The first-order valence-corrected chi connectivity index (χ1v) is 9.34. The molecule has 2 aliphatic rings. The van der Waals surface area contributed by atoms with E-state index in [0.717, 1.165) is 18.5 Å². The van der Waals surface area contributed by atoms with Crippen LogP contribution < -0.4 is 4.90 Å². The molecule has 0 radical (unpaired) electrons. The first kappa shape index (κ1) is 19.4. The second-order valence-corrected chi connectivity index (χ2v) is 8.77. The van der Waals surface area contributed by atoms with Gasteiger partial charge in [-0.1, -0.05) is 0 Å². The third-order valence-corrected chi connectivity index (χ3v) is 4.70. The highest BCUT2D eigenvalue weighted by Crippen LogP contribution is 2.31. The summed E-state index contributed by atoms with van der Waals surface area (Å²) in [4.78, 5) is 36.7. The number of nitrogens with zero attached hydrogens (tertiary/aromatic N) is 4. The summed E-state index contributed by atoms with van der Waals surface area (Å²) >= 11 is 0. The van der Waals surface area contributed by atoms with E-state index >= 15 is 0 Å². The van der Waals surface area contributed by atoms with Gasteiger partial charge in [0.05, 0.1) is 17.4 Å². The van der Waals surface area contributed by atoms with Crippen molar-refractivity contribution in [1.82, 2.24) is 14.9 Å². The van der Waals surface area contributed by atoms with Crippen molar-refractivity contribution < 1.29 is 19.1 Å². The van der Waals surface area contributed by atoms with Crippen LogP contribution in [0.5, 0.6) is 0 Å². The molecule has 0 aromatic carbocycles.